The summed E-state index contributed by atoms with van der Waals surface area (Å²) in [6.07, 6.45) is 0.664. The molecular formula is C9H11IN2O2. The molecule has 0 saturated carbocycles. The topological polar surface area (TPSA) is 69.2 Å². The highest BCUT2D eigenvalue weighted by Crippen LogP contribution is 2.22. The summed E-state index contributed by atoms with van der Waals surface area (Å²) in [6.45, 7) is 1.88. The maximum atomic E-state index is 10.6. The van der Waals surface area contributed by atoms with Crippen LogP contribution in [-0.2, 0) is 6.42 Å². The fourth-order valence-corrected chi connectivity index (χ4v) is 1.73. The molecule has 76 valence electrons. The van der Waals surface area contributed by atoms with Gasteiger partial charge in [0.1, 0.15) is 0 Å². The molecule has 0 amide bonds. The van der Waals surface area contributed by atoms with Gasteiger partial charge in [-0.15, -0.1) is 0 Å². The average molecular weight is 306 g/mol. The molecule has 2 N–H and O–H groups in total. The van der Waals surface area contributed by atoms with Gasteiger partial charge in [-0.1, -0.05) is 6.07 Å². The third kappa shape index (κ3) is 2.91. The monoisotopic (exact) mass is 306 g/mol. The zero-order chi connectivity index (χ0) is 10.7. The summed E-state index contributed by atoms with van der Waals surface area (Å²) in [5, 5.41) is 10.6. The molecule has 0 spiro atoms. The summed E-state index contributed by atoms with van der Waals surface area (Å²) in [5.41, 5.74) is 6.68. The van der Waals surface area contributed by atoms with Crippen molar-refractivity contribution in [3.63, 3.8) is 0 Å². The standard InChI is InChI=1S/C9H11IN2O2/c1-6(11)4-7-2-3-8(10)9(5-7)12(13)14/h2-3,5-6H,4,11H2,1H3. The van der Waals surface area contributed by atoms with Crippen LogP contribution in [0.4, 0.5) is 5.69 Å². The Labute approximate surface area is 95.8 Å². The van der Waals surface area contributed by atoms with Gasteiger partial charge in [0.15, 0.2) is 0 Å². The molecule has 14 heavy (non-hydrogen) atoms. The molecule has 1 unspecified atom stereocenters. The van der Waals surface area contributed by atoms with Crippen molar-refractivity contribution in [1.82, 2.24) is 0 Å². The number of nitro groups is 1. The van der Waals surface area contributed by atoms with E-state index in [-0.39, 0.29) is 16.7 Å². The van der Waals surface area contributed by atoms with E-state index in [4.69, 9.17) is 5.73 Å². The van der Waals surface area contributed by atoms with Gasteiger partial charge in [0, 0.05) is 12.1 Å². The highest BCUT2D eigenvalue weighted by atomic mass is 127. The number of nitrogens with two attached hydrogens (primary N) is 1. The second kappa shape index (κ2) is 4.70. The van der Waals surface area contributed by atoms with E-state index in [1.165, 1.54) is 0 Å². The molecule has 1 aromatic rings. The van der Waals surface area contributed by atoms with Gasteiger partial charge in [-0.05, 0) is 47.6 Å². The van der Waals surface area contributed by atoms with E-state index >= 15 is 0 Å². The minimum absolute atomic E-state index is 0.0228. The lowest BCUT2D eigenvalue weighted by molar-refractivity contribution is -0.385. The van der Waals surface area contributed by atoms with Crippen molar-refractivity contribution in [1.29, 1.82) is 0 Å². The summed E-state index contributed by atoms with van der Waals surface area (Å²) in [5.74, 6) is 0. The Hall–Kier alpha value is -0.690. The van der Waals surface area contributed by atoms with Crippen LogP contribution >= 0.6 is 22.6 Å². The van der Waals surface area contributed by atoms with Crippen LogP contribution in [0.2, 0.25) is 0 Å². The highest BCUT2D eigenvalue weighted by Gasteiger charge is 2.12. The molecule has 0 radical (unpaired) electrons. The fourth-order valence-electron chi connectivity index (χ4n) is 1.20. The predicted molar refractivity (Wildman–Crippen MR) is 63.2 cm³/mol. The Morgan fingerprint density at radius 2 is 2.29 bits per heavy atom. The van der Waals surface area contributed by atoms with Crippen molar-refractivity contribution in [3.05, 3.63) is 37.4 Å². The Balaban J connectivity index is 3.00. The van der Waals surface area contributed by atoms with E-state index in [1.807, 2.05) is 35.6 Å². The lowest BCUT2D eigenvalue weighted by Crippen LogP contribution is -2.17. The summed E-state index contributed by atoms with van der Waals surface area (Å²) < 4.78 is 0.654. The van der Waals surface area contributed by atoms with Gasteiger partial charge in [0.2, 0.25) is 0 Å². The first-order chi connectivity index (χ1) is 6.50. The maximum Gasteiger partial charge on any atom is 0.282 e. The first-order valence-electron chi connectivity index (χ1n) is 4.19. The van der Waals surface area contributed by atoms with Crippen molar-refractivity contribution in [2.45, 2.75) is 19.4 Å². The third-order valence-corrected chi connectivity index (χ3v) is 2.68. The molecule has 1 atom stereocenters. The Bertz CT molecular complexity index is 353. The highest BCUT2D eigenvalue weighted by molar-refractivity contribution is 14.1. The number of hydrogen-bond donors (Lipinski definition) is 1. The lowest BCUT2D eigenvalue weighted by Gasteiger charge is -2.05. The van der Waals surface area contributed by atoms with E-state index < -0.39 is 0 Å². The first kappa shape index (κ1) is 11.4. The molecule has 1 aromatic carbocycles. The predicted octanol–water partition coefficient (Wildman–Crippen LogP) is 2.09. The second-order valence-electron chi connectivity index (χ2n) is 3.22. The fraction of sp³-hybridized carbons (Fsp3) is 0.333. The Kier molecular flexibility index (Phi) is 3.82. The zero-order valence-electron chi connectivity index (χ0n) is 7.74. The molecule has 0 saturated heterocycles. The number of hydrogen-bond acceptors (Lipinski definition) is 3. The minimum Gasteiger partial charge on any atom is -0.328 e. The van der Waals surface area contributed by atoms with Gasteiger partial charge >= 0.3 is 0 Å². The first-order valence-corrected chi connectivity index (χ1v) is 5.27. The van der Waals surface area contributed by atoms with Crippen LogP contribution in [0.15, 0.2) is 18.2 Å². The third-order valence-electron chi connectivity index (χ3n) is 1.76. The number of nitro benzene ring substituents is 1. The molecule has 0 fully saturated rings. The van der Waals surface area contributed by atoms with Crippen LogP contribution in [-0.4, -0.2) is 11.0 Å². The van der Waals surface area contributed by atoms with Crippen molar-refractivity contribution < 1.29 is 4.92 Å². The molecule has 0 bridgehead atoms. The molecule has 0 aromatic heterocycles. The summed E-state index contributed by atoms with van der Waals surface area (Å²) in [7, 11) is 0. The van der Waals surface area contributed by atoms with Gasteiger partial charge in [-0.2, -0.15) is 0 Å². The van der Waals surface area contributed by atoms with Gasteiger partial charge in [-0.25, -0.2) is 0 Å². The van der Waals surface area contributed by atoms with Crippen LogP contribution in [0.3, 0.4) is 0 Å². The normalized spacial score (nSPS) is 12.5. The minimum atomic E-state index is -0.369. The molecule has 0 aliphatic heterocycles. The molecule has 4 nitrogen and oxygen atoms in total. The largest absolute Gasteiger partial charge is 0.328 e. The van der Waals surface area contributed by atoms with Crippen LogP contribution < -0.4 is 5.73 Å². The van der Waals surface area contributed by atoms with Gasteiger partial charge in [-0.3, -0.25) is 10.1 Å². The molecule has 1 rings (SSSR count). The van der Waals surface area contributed by atoms with E-state index in [1.54, 1.807) is 12.1 Å². The number of benzene rings is 1. The summed E-state index contributed by atoms with van der Waals surface area (Å²) in [4.78, 5) is 10.3. The van der Waals surface area contributed by atoms with Gasteiger partial charge in [0.05, 0.1) is 8.49 Å². The number of halogens is 1. The second-order valence-corrected chi connectivity index (χ2v) is 4.39. The van der Waals surface area contributed by atoms with E-state index in [9.17, 15) is 10.1 Å². The van der Waals surface area contributed by atoms with Crippen molar-refractivity contribution >= 4 is 28.3 Å². The van der Waals surface area contributed by atoms with E-state index in [2.05, 4.69) is 0 Å². The zero-order valence-corrected chi connectivity index (χ0v) is 9.89. The van der Waals surface area contributed by atoms with Crippen LogP contribution in [0, 0.1) is 13.7 Å². The number of nitrogens with zero attached hydrogens (tertiary/aromatic N) is 1. The maximum absolute atomic E-state index is 10.6. The van der Waals surface area contributed by atoms with Gasteiger partial charge < -0.3 is 5.73 Å². The summed E-state index contributed by atoms with van der Waals surface area (Å²) >= 11 is 1.95. The molecule has 5 heteroatoms. The van der Waals surface area contributed by atoms with E-state index in [0.717, 1.165) is 5.56 Å². The number of rotatable bonds is 3. The van der Waals surface area contributed by atoms with Gasteiger partial charge in [0.25, 0.3) is 5.69 Å². The molecule has 0 heterocycles. The van der Waals surface area contributed by atoms with Crippen molar-refractivity contribution in [2.75, 3.05) is 0 Å². The summed E-state index contributed by atoms with van der Waals surface area (Å²) in [6, 6.07) is 5.23. The lowest BCUT2D eigenvalue weighted by atomic mass is 10.1. The van der Waals surface area contributed by atoms with Crippen molar-refractivity contribution in [2.24, 2.45) is 5.73 Å². The molecule has 0 aliphatic rings. The smallest absolute Gasteiger partial charge is 0.282 e. The van der Waals surface area contributed by atoms with E-state index in [0.29, 0.717) is 9.99 Å². The molecule has 0 aliphatic carbocycles. The molecular weight excluding hydrogens is 295 g/mol. The Morgan fingerprint density at radius 3 is 2.79 bits per heavy atom. The van der Waals surface area contributed by atoms with Crippen molar-refractivity contribution in [3.8, 4) is 0 Å². The van der Waals surface area contributed by atoms with Crippen LogP contribution in [0.25, 0.3) is 0 Å². The van der Waals surface area contributed by atoms with Crippen LogP contribution in [0.1, 0.15) is 12.5 Å². The Morgan fingerprint density at radius 1 is 1.64 bits per heavy atom. The van der Waals surface area contributed by atoms with Crippen LogP contribution in [0.5, 0.6) is 0 Å². The SMILES string of the molecule is CC(N)Cc1ccc(I)c([N+](=O)[O-])c1. The quantitative estimate of drug-likeness (QED) is 0.528. The average Bonchev–Trinajstić information content (AvgIpc) is 2.07.